The second kappa shape index (κ2) is 4.37. The van der Waals surface area contributed by atoms with Gasteiger partial charge in [0.25, 0.3) is 0 Å². The van der Waals surface area contributed by atoms with Crippen LogP contribution in [0.25, 0.3) is 11.3 Å². The summed E-state index contributed by atoms with van der Waals surface area (Å²) in [7, 11) is 0. The molecule has 4 nitrogen and oxygen atoms in total. The fourth-order valence-electron chi connectivity index (χ4n) is 1.41. The van der Waals surface area contributed by atoms with Crippen LogP contribution in [0.3, 0.4) is 0 Å². The van der Waals surface area contributed by atoms with E-state index in [0.717, 1.165) is 5.56 Å². The maximum atomic E-state index is 10.5. The van der Waals surface area contributed by atoms with Crippen molar-refractivity contribution in [3.8, 4) is 11.3 Å². The number of carboxylic acid groups (broad SMARTS) is 1. The van der Waals surface area contributed by atoms with Crippen molar-refractivity contribution in [1.82, 2.24) is 9.78 Å². The van der Waals surface area contributed by atoms with Crippen molar-refractivity contribution >= 4 is 17.6 Å². The van der Waals surface area contributed by atoms with Gasteiger partial charge in [-0.05, 0) is 0 Å². The molecular weight excluding hydrogens is 228 g/mol. The number of halogens is 1. The second-order valence-electron chi connectivity index (χ2n) is 3.28. The molecule has 1 aromatic heterocycles. The van der Waals surface area contributed by atoms with Gasteiger partial charge in [-0.3, -0.25) is 9.48 Å². The third-order valence-corrected chi connectivity index (χ3v) is 2.34. The number of carbonyl (C=O) groups is 1. The summed E-state index contributed by atoms with van der Waals surface area (Å²) in [6.45, 7) is -0.188. The Bertz CT molecular complexity index is 508. The third-order valence-electron chi connectivity index (χ3n) is 2.06. The number of hydrogen-bond acceptors (Lipinski definition) is 2. The van der Waals surface area contributed by atoms with Crippen LogP contribution in [0.1, 0.15) is 0 Å². The molecule has 16 heavy (non-hydrogen) atoms. The predicted octanol–water partition coefficient (Wildman–Crippen LogP) is 2.29. The van der Waals surface area contributed by atoms with Crippen LogP contribution in [-0.4, -0.2) is 20.9 Å². The summed E-state index contributed by atoms with van der Waals surface area (Å²) in [6.07, 6.45) is 1.51. The van der Waals surface area contributed by atoms with Gasteiger partial charge < -0.3 is 5.11 Å². The Kier molecular flexibility index (Phi) is 2.92. The molecule has 0 radical (unpaired) electrons. The molecule has 0 spiro atoms. The van der Waals surface area contributed by atoms with Crippen LogP contribution in [0.2, 0.25) is 5.02 Å². The van der Waals surface area contributed by atoms with Gasteiger partial charge in [-0.25, -0.2) is 0 Å². The molecule has 0 amide bonds. The fraction of sp³-hybridized carbons (Fsp3) is 0.0909. The van der Waals surface area contributed by atoms with Gasteiger partial charge in [0.15, 0.2) is 0 Å². The number of carboxylic acids is 1. The van der Waals surface area contributed by atoms with E-state index in [1.54, 1.807) is 0 Å². The highest BCUT2D eigenvalue weighted by Crippen LogP contribution is 2.25. The summed E-state index contributed by atoms with van der Waals surface area (Å²) in [5.74, 6) is -0.946. The highest BCUT2D eigenvalue weighted by atomic mass is 35.5. The van der Waals surface area contributed by atoms with Gasteiger partial charge in [-0.1, -0.05) is 41.9 Å². The lowest BCUT2D eigenvalue weighted by Crippen LogP contribution is -2.08. The molecule has 2 rings (SSSR count). The van der Waals surface area contributed by atoms with E-state index in [2.05, 4.69) is 5.10 Å². The molecule has 0 fully saturated rings. The molecule has 0 atom stereocenters. The minimum Gasteiger partial charge on any atom is -0.480 e. The predicted molar refractivity (Wildman–Crippen MR) is 60.3 cm³/mol. The summed E-state index contributed by atoms with van der Waals surface area (Å²) in [5, 5.41) is 13.2. The van der Waals surface area contributed by atoms with Gasteiger partial charge in [0.05, 0.1) is 5.02 Å². The topological polar surface area (TPSA) is 55.1 Å². The minimum atomic E-state index is -0.946. The number of rotatable bonds is 3. The lowest BCUT2D eigenvalue weighted by atomic mass is 10.2. The summed E-state index contributed by atoms with van der Waals surface area (Å²) < 4.78 is 1.31. The highest BCUT2D eigenvalue weighted by molar-refractivity contribution is 6.33. The van der Waals surface area contributed by atoms with Gasteiger partial charge in [0.1, 0.15) is 12.2 Å². The summed E-state index contributed by atoms with van der Waals surface area (Å²) >= 11 is 5.99. The summed E-state index contributed by atoms with van der Waals surface area (Å²) in [6, 6.07) is 9.40. The molecule has 1 heterocycles. The zero-order valence-corrected chi connectivity index (χ0v) is 9.05. The van der Waals surface area contributed by atoms with Gasteiger partial charge in [-0.15, -0.1) is 0 Å². The molecular formula is C11H9ClN2O2. The molecule has 0 bridgehead atoms. The van der Waals surface area contributed by atoms with E-state index in [0.29, 0.717) is 10.7 Å². The lowest BCUT2D eigenvalue weighted by Gasteiger charge is -1.96. The van der Waals surface area contributed by atoms with Crippen LogP contribution in [0.5, 0.6) is 0 Å². The first-order chi connectivity index (χ1) is 7.66. The molecule has 0 saturated carbocycles. The van der Waals surface area contributed by atoms with Gasteiger partial charge in [0, 0.05) is 11.8 Å². The molecule has 0 aliphatic rings. The average molecular weight is 237 g/mol. The Morgan fingerprint density at radius 1 is 1.38 bits per heavy atom. The van der Waals surface area contributed by atoms with Gasteiger partial charge in [-0.2, -0.15) is 5.10 Å². The molecule has 0 aliphatic heterocycles. The van der Waals surface area contributed by atoms with E-state index in [1.807, 2.05) is 30.3 Å². The van der Waals surface area contributed by atoms with Gasteiger partial charge >= 0.3 is 5.97 Å². The third kappa shape index (κ3) is 2.23. The van der Waals surface area contributed by atoms with Crippen LogP contribution in [0, 0.1) is 0 Å². The summed E-state index contributed by atoms with van der Waals surface area (Å²) in [4.78, 5) is 10.5. The van der Waals surface area contributed by atoms with Crippen LogP contribution in [0.4, 0.5) is 0 Å². The Hall–Kier alpha value is -1.81. The normalized spacial score (nSPS) is 10.3. The first kappa shape index (κ1) is 10.7. The Labute approximate surface area is 97.1 Å². The maximum Gasteiger partial charge on any atom is 0.325 e. The zero-order chi connectivity index (χ0) is 11.5. The van der Waals surface area contributed by atoms with Crippen LogP contribution < -0.4 is 0 Å². The van der Waals surface area contributed by atoms with Crippen LogP contribution in [0.15, 0.2) is 36.5 Å². The van der Waals surface area contributed by atoms with E-state index >= 15 is 0 Å². The largest absolute Gasteiger partial charge is 0.480 e. The molecule has 0 unspecified atom stereocenters. The molecule has 82 valence electrons. The van der Waals surface area contributed by atoms with Crippen molar-refractivity contribution in [2.75, 3.05) is 0 Å². The van der Waals surface area contributed by atoms with E-state index in [9.17, 15) is 4.79 Å². The second-order valence-corrected chi connectivity index (χ2v) is 3.69. The zero-order valence-electron chi connectivity index (χ0n) is 8.30. The number of nitrogens with zero attached hydrogens (tertiary/aromatic N) is 2. The van der Waals surface area contributed by atoms with Crippen molar-refractivity contribution in [3.05, 3.63) is 41.6 Å². The quantitative estimate of drug-likeness (QED) is 0.890. The summed E-state index contributed by atoms with van der Waals surface area (Å²) in [5.41, 5.74) is 1.47. The number of aromatic nitrogens is 2. The monoisotopic (exact) mass is 236 g/mol. The highest BCUT2D eigenvalue weighted by Gasteiger charge is 2.10. The molecule has 1 aromatic carbocycles. The van der Waals surface area contributed by atoms with Crippen molar-refractivity contribution in [2.45, 2.75) is 6.54 Å². The average Bonchev–Trinajstić information content (AvgIpc) is 2.60. The maximum absolute atomic E-state index is 10.5. The van der Waals surface area contributed by atoms with Crippen molar-refractivity contribution in [3.63, 3.8) is 0 Å². The Balaban J connectivity index is 2.36. The number of hydrogen-bond donors (Lipinski definition) is 1. The van der Waals surface area contributed by atoms with Crippen molar-refractivity contribution < 1.29 is 9.90 Å². The Morgan fingerprint density at radius 2 is 2.06 bits per heavy atom. The Morgan fingerprint density at radius 3 is 2.69 bits per heavy atom. The van der Waals surface area contributed by atoms with Crippen molar-refractivity contribution in [1.29, 1.82) is 0 Å². The molecule has 5 heteroatoms. The van der Waals surface area contributed by atoms with Gasteiger partial charge in [0.2, 0.25) is 0 Å². The first-order valence-corrected chi connectivity index (χ1v) is 5.05. The van der Waals surface area contributed by atoms with E-state index < -0.39 is 5.97 Å². The molecule has 2 aromatic rings. The van der Waals surface area contributed by atoms with Crippen molar-refractivity contribution in [2.24, 2.45) is 0 Å². The van der Waals surface area contributed by atoms with Crippen LogP contribution >= 0.6 is 11.6 Å². The first-order valence-electron chi connectivity index (χ1n) is 4.67. The van der Waals surface area contributed by atoms with Crippen LogP contribution in [-0.2, 0) is 11.3 Å². The van der Waals surface area contributed by atoms with E-state index in [1.165, 1.54) is 10.9 Å². The minimum absolute atomic E-state index is 0.188. The molecule has 1 N–H and O–H groups in total. The van der Waals surface area contributed by atoms with E-state index in [4.69, 9.17) is 16.7 Å². The smallest absolute Gasteiger partial charge is 0.325 e. The lowest BCUT2D eigenvalue weighted by molar-refractivity contribution is -0.137. The molecule has 0 aliphatic carbocycles. The van der Waals surface area contributed by atoms with E-state index in [-0.39, 0.29) is 6.54 Å². The number of aliphatic carboxylic acids is 1. The molecule has 0 saturated heterocycles. The SMILES string of the molecule is O=C(O)Cn1cc(Cl)c(-c2ccccc2)n1. The number of benzene rings is 1. The fourth-order valence-corrected chi connectivity index (χ4v) is 1.67. The standard InChI is InChI=1S/C11H9ClN2O2/c12-9-6-14(7-10(15)16)13-11(9)8-4-2-1-3-5-8/h1-6H,7H2,(H,15,16).